The van der Waals surface area contributed by atoms with Crippen molar-refractivity contribution >= 4 is 34.1 Å². The van der Waals surface area contributed by atoms with Gasteiger partial charge in [0.2, 0.25) is 11.9 Å². The van der Waals surface area contributed by atoms with Crippen molar-refractivity contribution in [3.05, 3.63) is 42.9 Å². The van der Waals surface area contributed by atoms with Gasteiger partial charge in [0.15, 0.2) is 0 Å². The molecule has 37 heavy (non-hydrogen) atoms. The van der Waals surface area contributed by atoms with Crippen LogP contribution in [0.5, 0.6) is 5.88 Å². The normalized spacial score (nSPS) is 15.6. The number of ether oxygens (including phenoxy) is 1. The van der Waals surface area contributed by atoms with Gasteiger partial charge < -0.3 is 24.8 Å². The Labute approximate surface area is 216 Å². The molecular formula is C26H33N9O2. The van der Waals surface area contributed by atoms with Gasteiger partial charge in [-0.05, 0) is 26.1 Å². The molecule has 1 fully saturated rings. The molecule has 1 aromatic carbocycles. The SMILES string of the molecule is COc1nn(C)cc1Nc1nccc(-c2cn(C)c3c(NC(=O)[C@@H](C)N4CCN(C)CC4)cccc23)n1. The van der Waals surface area contributed by atoms with E-state index in [4.69, 9.17) is 9.72 Å². The third-order valence-electron chi connectivity index (χ3n) is 6.89. The third kappa shape index (κ3) is 5.00. The molecule has 2 N–H and O–H groups in total. The molecule has 1 aliphatic heterocycles. The predicted octanol–water partition coefficient (Wildman–Crippen LogP) is 2.70. The average Bonchev–Trinajstić information content (AvgIpc) is 3.43. The minimum atomic E-state index is -0.205. The molecule has 0 bridgehead atoms. The summed E-state index contributed by atoms with van der Waals surface area (Å²) in [6.45, 7) is 5.69. The van der Waals surface area contributed by atoms with Gasteiger partial charge in [0.1, 0.15) is 5.69 Å². The van der Waals surface area contributed by atoms with Crippen molar-refractivity contribution in [2.24, 2.45) is 14.1 Å². The molecular weight excluding hydrogens is 470 g/mol. The molecule has 11 nitrogen and oxygen atoms in total. The van der Waals surface area contributed by atoms with Crippen molar-refractivity contribution in [3.8, 4) is 17.1 Å². The highest BCUT2D eigenvalue weighted by atomic mass is 16.5. The van der Waals surface area contributed by atoms with Gasteiger partial charge >= 0.3 is 0 Å². The summed E-state index contributed by atoms with van der Waals surface area (Å²) in [5, 5.41) is 11.6. The molecule has 0 aliphatic carbocycles. The van der Waals surface area contributed by atoms with Crippen LogP contribution in [0.15, 0.2) is 42.9 Å². The number of rotatable bonds is 7. The largest absolute Gasteiger partial charge is 0.478 e. The summed E-state index contributed by atoms with van der Waals surface area (Å²) in [5.74, 6) is 0.901. The Morgan fingerprint density at radius 1 is 1.05 bits per heavy atom. The second kappa shape index (κ2) is 10.2. The molecule has 0 spiro atoms. The van der Waals surface area contributed by atoms with E-state index in [1.54, 1.807) is 18.0 Å². The van der Waals surface area contributed by atoms with Crippen LogP contribution < -0.4 is 15.4 Å². The molecule has 1 aliphatic rings. The van der Waals surface area contributed by atoms with Crippen LogP contribution in [0.1, 0.15) is 6.92 Å². The zero-order valence-corrected chi connectivity index (χ0v) is 21.9. The number of carbonyl (C=O) groups excluding carboxylic acids is 1. The third-order valence-corrected chi connectivity index (χ3v) is 6.89. The first-order valence-electron chi connectivity index (χ1n) is 12.3. The molecule has 4 heterocycles. The predicted molar refractivity (Wildman–Crippen MR) is 144 cm³/mol. The maximum absolute atomic E-state index is 13.2. The maximum atomic E-state index is 13.2. The zero-order chi connectivity index (χ0) is 26.1. The number of nitrogens with one attached hydrogen (secondary N) is 2. The standard InChI is InChI=1S/C26H33N9O2/c1-17(35-13-11-32(2)12-14-35)24(36)28-21-8-6-7-18-19(15-33(3)23(18)21)20-9-10-27-26(29-20)30-22-16-34(4)31-25(22)37-5/h6-10,15-17H,11-14H2,1-5H3,(H,28,36)(H,27,29,30)/t17-/m1/s1. The van der Waals surface area contributed by atoms with E-state index in [0.29, 0.717) is 17.5 Å². The van der Waals surface area contributed by atoms with Crippen molar-refractivity contribution in [2.75, 3.05) is 51.0 Å². The molecule has 5 rings (SSSR count). The molecule has 1 saturated heterocycles. The van der Waals surface area contributed by atoms with Crippen LogP contribution >= 0.6 is 0 Å². The number of amides is 1. The highest BCUT2D eigenvalue weighted by molar-refractivity contribution is 6.07. The lowest BCUT2D eigenvalue weighted by molar-refractivity contribution is -0.121. The van der Waals surface area contributed by atoms with Crippen molar-refractivity contribution in [1.29, 1.82) is 0 Å². The number of hydrogen-bond donors (Lipinski definition) is 2. The zero-order valence-electron chi connectivity index (χ0n) is 21.9. The number of benzene rings is 1. The highest BCUT2D eigenvalue weighted by Gasteiger charge is 2.25. The minimum Gasteiger partial charge on any atom is -0.478 e. The van der Waals surface area contributed by atoms with Crippen molar-refractivity contribution in [2.45, 2.75) is 13.0 Å². The van der Waals surface area contributed by atoms with Gasteiger partial charge in [-0.1, -0.05) is 12.1 Å². The van der Waals surface area contributed by atoms with Crippen LogP contribution in [0.4, 0.5) is 17.3 Å². The molecule has 0 saturated carbocycles. The molecule has 1 amide bonds. The lowest BCUT2D eigenvalue weighted by Gasteiger charge is -2.35. The fourth-order valence-electron chi connectivity index (χ4n) is 4.78. The summed E-state index contributed by atoms with van der Waals surface area (Å²) in [7, 11) is 7.49. The molecule has 11 heteroatoms. The summed E-state index contributed by atoms with van der Waals surface area (Å²) >= 11 is 0. The average molecular weight is 504 g/mol. The molecule has 0 unspecified atom stereocenters. The van der Waals surface area contributed by atoms with Crippen LogP contribution in [-0.2, 0) is 18.9 Å². The second-order valence-corrected chi connectivity index (χ2v) is 9.48. The molecule has 1 atom stereocenters. The summed E-state index contributed by atoms with van der Waals surface area (Å²) < 4.78 is 9.02. The van der Waals surface area contributed by atoms with Crippen LogP contribution in [0, 0.1) is 0 Å². The molecule has 3 aromatic heterocycles. The highest BCUT2D eigenvalue weighted by Crippen LogP contribution is 2.34. The summed E-state index contributed by atoms with van der Waals surface area (Å²) in [6, 6.07) is 7.62. The quantitative estimate of drug-likeness (QED) is 0.397. The van der Waals surface area contributed by atoms with Gasteiger partial charge in [-0.2, -0.15) is 0 Å². The Kier molecular flexibility index (Phi) is 6.81. The van der Waals surface area contributed by atoms with Crippen LogP contribution in [0.25, 0.3) is 22.2 Å². The van der Waals surface area contributed by atoms with Gasteiger partial charge in [0.25, 0.3) is 5.88 Å². The second-order valence-electron chi connectivity index (χ2n) is 9.48. The van der Waals surface area contributed by atoms with E-state index in [1.165, 1.54) is 0 Å². The number of anilines is 3. The summed E-state index contributed by atoms with van der Waals surface area (Å²) in [5.41, 5.74) is 4.12. The van der Waals surface area contributed by atoms with E-state index in [2.05, 4.69) is 37.6 Å². The Morgan fingerprint density at radius 3 is 2.59 bits per heavy atom. The Bertz CT molecular complexity index is 1420. The van der Waals surface area contributed by atoms with Gasteiger partial charge in [-0.15, -0.1) is 5.10 Å². The number of piperazine rings is 1. The van der Waals surface area contributed by atoms with E-state index >= 15 is 0 Å². The van der Waals surface area contributed by atoms with Crippen molar-refractivity contribution in [1.82, 2.24) is 34.1 Å². The van der Waals surface area contributed by atoms with E-state index < -0.39 is 0 Å². The molecule has 194 valence electrons. The van der Waals surface area contributed by atoms with Crippen LogP contribution in [0.2, 0.25) is 0 Å². The minimum absolute atomic E-state index is 0.00116. The smallest absolute Gasteiger partial charge is 0.256 e. The molecule has 0 radical (unpaired) electrons. The van der Waals surface area contributed by atoms with E-state index in [-0.39, 0.29) is 11.9 Å². The first-order chi connectivity index (χ1) is 17.8. The van der Waals surface area contributed by atoms with Gasteiger partial charge in [-0.3, -0.25) is 14.4 Å². The van der Waals surface area contributed by atoms with Crippen LogP contribution in [0.3, 0.4) is 0 Å². The number of carbonyl (C=O) groups is 1. The van der Waals surface area contributed by atoms with Gasteiger partial charge in [0, 0.05) is 63.6 Å². The monoisotopic (exact) mass is 503 g/mol. The maximum Gasteiger partial charge on any atom is 0.256 e. The van der Waals surface area contributed by atoms with E-state index in [9.17, 15) is 4.79 Å². The first kappa shape index (κ1) is 24.7. The summed E-state index contributed by atoms with van der Waals surface area (Å²) in [6.07, 6.45) is 5.56. The summed E-state index contributed by atoms with van der Waals surface area (Å²) in [4.78, 5) is 26.8. The number of nitrogens with zero attached hydrogens (tertiary/aromatic N) is 7. The fourth-order valence-corrected chi connectivity index (χ4v) is 4.78. The van der Waals surface area contributed by atoms with Gasteiger partial charge in [0.05, 0.1) is 36.2 Å². The van der Waals surface area contributed by atoms with Gasteiger partial charge in [-0.25, -0.2) is 9.97 Å². The Hall–Kier alpha value is -3.96. The topological polar surface area (TPSA) is 105 Å². The number of hydrogen-bond acceptors (Lipinski definition) is 8. The Morgan fingerprint density at radius 2 is 1.84 bits per heavy atom. The number of fused-ring (bicyclic) bond motifs is 1. The number of para-hydroxylation sites is 1. The lowest BCUT2D eigenvalue weighted by atomic mass is 10.1. The molecule has 4 aromatic rings. The number of methoxy groups -OCH3 is 1. The fraction of sp³-hybridized carbons (Fsp3) is 0.385. The number of aromatic nitrogens is 5. The first-order valence-corrected chi connectivity index (χ1v) is 12.3. The lowest BCUT2D eigenvalue weighted by Crippen LogP contribution is -2.51. The van der Waals surface area contributed by atoms with Crippen LogP contribution in [-0.4, -0.2) is 86.4 Å². The van der Waals surface area contributed by atoms with E-state index in [0.717, 1.165) is 54.0 Å². The van der Waals surface area contributed by atoms with E-state index in [1.807, 2.05) is 62.2 Å². The van der Waals surface area contributed by atoms with Crippen molar-refractivity contribution in [3.63, 3.8) is 0 Å². The number of aryl methyl sites for hydroxylation is 2. The number of likely N-dealkylation sites (N-methyl/N-ethyl adjacent to an activating group) is 1. The Balaban J connectivity index is 1.41. The van der Waals surface area contributed by atoms with Crippen molar-refractivity contribution < 1.29 is 9.53 Å².